The van der Waals surface area contributed by atoms with Gasteiger partial charge in [0, 0.05) is 18.0 Å². The molecule has 1 aromatic heterocycles. The number of thiophene rings is 1. The molecule has 2 N–H and O–H groups in total. The second-order valence-electron chi connectivity index (χ2n) is 6.72. The third-order valence-electron chi connectivity index (χ3n) is 4.69. The predicted octanol–water partition coefficient (Wildman–Crippen LogP) is 3.63. The van der Waals surface area contributed by atoms with E-state index < -0.39 is 0 Å². The van der Waals surface area contributed by atoms with Crippen molar-refractivity contribution in [3.63, 3.8) is 0 Å². The fourth-order valence-corrected chi connectivity index (χ4v) is 3.86. The van der Waals surface area contributed by atoms with Crippen LogP contribution in [0.1, 0.15) is 23.3 Å². The van der Waals surface area contributed by atoms with E-state index in [4.69, 9.17) is 4.74 Å². The van der Waals surface area contributed by atoms with Crippen molar-refractivity contribution < 1.29 is 14.3 Å². The number of methoxy groups -OCH3 is 1. The van der Waals surface area contributed by atoms with E-state index in [0.29, 0.717) is 31.1 Å². The van der Waals surface area contributed by atoms with Crippen molar-refractivity contribution in [3.8, 4) is 5.75 Å². The molecule has 3 amide bonds. The molecule has 0 aliphatic carbocycles. The molecule has 0 bridgehead atoms. The molecule has 1 aromatic carbocycles. The number of urea groups is 1. The molecule has 27 heavy (non-hydrogen) atoms. The lowest BCUT2D eigenvalue weighted by Crippen LogP contribution is -2.47. The maximum atomic E-state index is 12.7. The van der Waals surface area contributed by atoms with E-state index in [0.717, 1.165) is 23.3 Å². The van der Waals surface area contributed by atoms with Crippen molar-refractivity contribution in [2.45, 2.75) is 26.3 Å². The van der Waals surface area contributed by atoms with Crippen molar-refractivity contribution in [1.82, 2.24) is 10.2 Å². The van der Waals surface area contributed by atoms with Gasteiger partial charge in [-0.25, -0.2) is 4.79 Å². The molecule has 1 saturated heterocycles. The van der Waals surface area contributed by atoms with Gasteiger partial charge < -0.3 is 20.3 Å². The number of anilines is 1. The summed E-state index contributed by atoms with van der Waals surface area (Å²) in [4.78, 5) is 28.0. The molecule has 0 saturated carbocycles. The maximum absolute atomic E-state index is 12.7. The molecular weight excluding hydrogens is 362 g/mol. The molecule has 1 aliphatic heterocycles. The topological polar surface area (TPSA) is 70.7 Å². The lowest BCUT2D eigenvalue weighted by atomic mass is 9.97. The van der Waals surface area contributed by atoms with Crippen LogP contribution in [0.2, 0.25) is 0 Å². The molecule has 2 aromatic rings. The summed E-state index contributed by atoms with van der Waals surface area (Å²) in [7, 11) is 1.58. The number of aryl methyl sites for hydroxylation is 1. The zero-order valence-electron chi connectivity index (χ0n) is 15.7. The molecule has 0 spiro atoms. The van der Waals surface area contributed by atoms with Crippen LogP contribution < -0.4 is 15.4 Å². The van der Waals surface area contributed by atoms with Crippen LogP contribution in [0.15, 0.2) is 35.7 Å². The highest BCUT2D eigenvalue weighted by molar-refractivity contribution is 7.09. The molecule has 1 aliphatic rings. The number of benzene rings is 1. The smallest absolute Gasteiger partial charge is 0.317 e. The predicted molar refractivity (Wildman–Crippen MR) is 107 cm³/mol. The fraction of sp³-hybridized carbons (Fsp3) is 0.400. The van der Waals surface area contributed by atoms with E-state index in [1.165, 1.54) is 0 Å². The molecule has 2 heterocycles. The van der Waals surface area contributed by atoms with Crippen molar-refractivity contribution in [1.29, 1.82) is 0 Å². The first kappa shape index (κ1) is 19.2. The standard InChI is InChI=1S/C20H25N3O3S/c1-14-7-8-18(26-2)17(11-14)22-19(24)15-5-3-9-23(13-15)20(25)21-12-16-6-4-10-27-16/h4,6-8,10-11,15H,3,5,9,12-13H2,1-2H3,(H,21,25)(H,22,24). The number of amides is 3. The average molecular weight is 388 g/mol. The van der Waals surface area contributed by atoms with Gasteiger partial charge in [0.05, 0.1) is 25.3 Å². The van der Waals surface area contributed by atoms with Crippen LogP contribution in [0.3, 0.4) is 0 Å². The lowest BCUT2D eigenvalue weighted by Gasteiger charge is -2.32. The summed E-state index contributed by atoms with van der Waals surface area (Å²) in [5, 5.41) is 7.89. The Labute approximate surface area is 163 Å². The van der Waals surface area contributed by atoms with Crippen molar-refractivity contribution in [2.24, 2.45) is 5.92 Å². The Morgan fingerprint density at radius 3 is 2.93 bits per heavy atom. The van der Waals surface area contributed by atoms with Gasteiger partial charge in [-0.05, 0) is 48.9 Å². The monoisotopic (exact) mass is 387 g/mol. The summed E-state index contributed by atoms with van der Waals surface area (Å²) in [6, 6.07) is 9.52. The highest BCUT2D eigenvalue weighted by Crippen LogP contribution is 2.27. The minimum absolute atomic E-state index is 0.0744. The molecule has 1 unspecified atom stereocenters. The number of hydrogen-bond donors (Lipinski definition) is 2. The van der Waals surface area contributed by atoms with Gasteiger partial charge in [-0.15, -0.1) is 11.3 Å². The number of nitrogens with one attached hydrogen (secondary N) is 2. The van der Waals surface area contributed by atoms with Gasteiger partial charge in [0.15, 0.2) is 0 Å². The third kappa shape index (κ3) is 5.01. The Hall–Kier alpha value is -2.54. The average Bonchev–Trinajstić information content (AvgIpc) is 3.20. The first-order chi connectivity index (χ1) is 13.1. The zero-order chi connectivity index (χ0) is 19.2. The molecule has 7 heteroatoms. The summed E-state index contributed by atoms with van der Waals surface area (Å²) in [5.41, 5.74) is 1.71. The van der Waals surface area contributed by atoms with Crippen LogP contribution in [0.25, 0.3) is 0 Å². The summed E-state index contributed by atoms with van der Waals surface area (Å²) in [6.45, 7) is 3.59. The molecule has 1 fully saturated rings. The number of piperidine rings is 1. The van der Waals surface area contributed by atoms with Crippen LogP contribution in [0, 0.1) is 12.8 Å². The normalized spacial score (nSPS) is 16.7. The molecule has 1 atom stereocenters. The fourth-order valence-electron chi connectivity index (χ4n) is 3.22. The van der Waals surface area contributed by atoms with Crippen LogP contribution in [-0.2, 0) is 11.3 Å². The quantitative estimate of drug-likeness (QED) is 0.823. The zero-order valence-corrected chi connectivity index (χ0v) is 16.5. The van der Waals surface area contributed by atoms with E-state index in [1.807, 2.05) is 42.6 Å². The Morgan fingerprint density at radius 1 is 1.33 bits per heavy atom. The third-order valence-corrected chi connectivity index (χ3v) is 5.56. The maximum Gasteiger partial charge on any atom is 0.317 e. The SMILES string of the molecule is COc1ccc(C)cc1NC(=O)C1CCCN(C(=O)NCc2cccs2)C1. The number of nitrogens with zero attached hydrogens (tertiary/aromatic N) is 1. The summed E-state index contributed by atoms with van der Waals surface area (Å²) in [6.07, 6.45) is 1.59. The second kappa shape index (κ2) is 8.90. The van der Waals surface area contributed by atoms with E-state index in [1.54, 1.807) is 23.3 Å². The molecule has 0 radical (unpaired) electrons. The number of carbonyl (C=O) groups excluding carboxylic acids is 2. The minimum atomic E-state index is -0.226. The Kier molecular flexibility index (Phi) is 6.34. The van der Waals surface area contributed by atoms with Gasteiger partial charge in [0.2, 0.25) is 5.91 Å². The largest absolute Gasteiger partial charge is 0.495 e. The van der Waals surface area contributed by atoms with Gasteiger partial charge >= 0.3 is 6.03 Å². The summed E-state index contributed by atoms with van der Waals surface area (Å²) in [5.74, 6) is 0.335. The molecule has 3 rings (SSSR count). The Balaban J connectivity index is 1.57. The first-order valence-corrected chi connectivity index (χ1v) is 9.95. The molecular formula is C20H25N3O3S. The summed E-state index contributed by atoms with van der Waals surface area (Å²) < 4.78 is 5.33. The van der Waals surface area contributed by atoms with Gasteiger partial charge in [0.25, 0.3) is 0 Å². The van der Waals surface area contributed by atoms with Gasteiger partial charge in [-0.2, -0.15) is 0 Å². The molecule has 144 valence electrons. The highest BCUT2D eigenvalue weighted by Gasteiger charge is 2.28. The lowest BCUT2D eigenvalue weighted by molar-refractivity contribution is -0.121. The van der Waals surface area contributed by atoms with E-state index >= 15 is 0 Å². The number of carbonyl (C=O) groups is 2. The van der Waals surface area contributed by atoms with Crippen molar-refractivity contribution in [3.05, 3.63) is 46.2 Å². The van der Waals surface area contributed by atoms with Crippen LogP contribution in [0.4, 0.5) is 10.5 Å². The number of likely N-dealkylation sites (tertiary alicyclic amines) is 1. The molecule has 6 nitrogen and oxygen atoms in total. The van der Waals surface area contributed by atoms with Crippen LogP contribution in [-0.4, -0.2) is 37.0 Å². The highest BCUT2D eigenvalue weighted by atomic mass is 32.1. The Bertz CT molecular complexity index is 792. The van der Waals surface area contributed by atoms with Crippen molar-refractivity contribution >= 4 is 29.0 Å². The van der Waals surface area contributed by atoms with Crippen molar-refractivity contribution in [2.75, 3.05) is 25.5 Å². The number of hydrogen-bond acceptors (Lipinski definition) is 4. The van der Waals surface area contributed by atoms with E-state index in [2.05, 4.69) is 10.6 Å². The van der Waals surface area contributed by atoms with Crippen LogP contribution >= 0.6 is 11.3 Å². The minimum Gasteiger partial charge on any atom is -0.495 e. The van der Waals surface area contributed by atoms with Gasteiger partial charge in [0.1, 0.15) is 5.75 Å². The van der Waals surface area contributed by atoms with Gasteiger partial charge in [-0.1, -0.05) is 12.1 Å². The number of rotatable bonds is 5. The van der Waals surface area contributed by atoms with Crippen LogP contribution in [0.5, 0.6) is 5.75 Å². The number of ether oxygens (including phenoxy) is 1. The Morgan fingerprint density at radius 2 is 2.19 bits per heavy atom. The van der Waals surface area contributed by atoms with E-state index in [-0.39, 0.29) is 17.9 Å². The van der Waals surface area contributed by atoms with E-state index in [9.17, 15) is 9.59 Å². The second-order valence-corrected chi connectivity index (χ2v) is 7.75. The van der Waals surface area contributed by atoms with Gasteiger partial charge in [-0.3, -0.25) is 4.79 Å². The summed E-state index contributed by atoms with van der Waals surface area (Å²) >= 11 is 1.61. The first-order valence-electron chi connectivity index (χ1n) is 9.07.